The van der Waals surface area contributed by atoms with E-state index in [2.05, 4.69) is 0 Å². The van der Waals surface area contributed by atoms with Gasteiger partial charge in [0.15, 0.2) is 0 Å². The average Bonchev–Trinajstić information content (AvgIpc) is 2.03. The van der Waals surface area contributed by atoms with E-state index in [-0.39, 0.29) is 0 Å². The molecular formula is C7H20O4Si2. The molecule has 0 radical (unpaired) electrons. The lowest BCUT2D eigenvalue weighted by Crippen LogP contribution is -2.51. The van der Waals surface area contributed by atoms with E-state index in [1.165, 1.54) is 0 Å². The third-order valence-corrected chi connectivity index (χ3v) is 7.58. The van der Waals surface area contributed by atoms with Crippen LogP contribution in [0.5, 0.6) is 0 Å². The predicted octanol–water partition coefficient (Wildman–Crippen LogP) is 1.60. The van der Waals surface area contributed by atoms with Crippen molar-refractivity contribution in [2.45, 2.75) is 26.6 Å². The van der Waals surface area contributed by atoms with Crippen LogP contribution in [0.25, 0.3) is 0 Å². The maximum Gasteiger partial charge on any atom is 0.488 e. The largest absolute Gasteiger partial charge is 0.488 e. The van der Waals surface area contributed by atoms with Gasteiger partial charge < -0.3 is 17.4 Å². The molecule has 0 saturated heterocycles. The summed E-state index contributed by atoms with van der Waals surface area (Å²) in [6.45, 7) is 8.45. The molecule has 6 heteroatoms. The Morgan fingerprint density at radius 1 is 1.00 bits per heavy atom. The predicted molar refractivity (Wildman–Crippen MR) is 55.8 cm³/mol. The summed E-state index contributed by atoms with van der Waals surface area (Å²) < 4.78 is 21.7. The fraction of sp³-hybridized carbons (Fsp3) is 1.00. The Morgan fingerprint density at radius 2 is 1.46 bits per heavy atom. The molecule has 0 aliphatic carbocycles. The normalized spacial score (nSPS) is 13.4. The van der Waals surface area contributed by atoms with Crippen molar-refractivity contribution in [2.75, 3.05) is 20.8 Å². The third-order valence-electron chi connectivity index (χ3n) is 1.66. The molecule has 13 heavy (non-hydrogen) atoms. The van der Waals surface area contributed by atoms with E-state index < -0.39 is 17.4 Å². The molecule has 0 aromatic rings. The minimum absolute atomic E-state index is 0.664. The maximum atomic E-state index is 5.78. The molecule has 0 aliphatic heterocycles. The van der Waals surface area contributed by atoms with Crippen molar-refractivity contribution in [1.82, 2.24) is 0 Å². The Balaban J connectivity index is 4.21. The minimum atomic E-state index is -2.43. The van der Waals surface area contributed by atoms with Gasteiger partial charge in [0.05, 0.1) is 0 Å². The summed E-state index contributed by atoms with van der Waals surface area (Å²) in [5, 5.41) is 0. The molecule has 0 saturated carbocycles. The van der Waals surface area contributed by atoms with Crippen molar-refractivity contribution in [3.8, 4) is 0 Å². The smallest absolute Gasteiger partial charge is 0.395 e. The second-order valence-electron chi connectivity index (χ2n) is 3.21. The zero-order valence-corrected chi connectivity index (χ0v) is 11.3. The van der Waals surface area contributed by atoms with Crippen LogP contribution in [-0.4, -0.2) is 38.2 Å². The first kappa shape index (κ1) is 13.3. The van der Waals surface area contributed by atoms with Gasteiger partial charge in [0.2, 0.25) is 0 Å². The van der Waals surface area contributed by atoms with Crippen LogP contribution >= 0.6 is 0 Å². The van der Waals surface area contributed by atoms with E-state index >= 15 is 0 Å². The Hall–Kier alpha value is 0.274. The SMILES string of the molecule is CCO[Si](C)(C)O[Si](C)(OC)OC. The highest BCUT2D eigenvalue weighted by Gasteiger charge is 2.40. The molecule has 0 aliphatic rings. The molecule has 0 heterocycles. The van der Waals surface area contributed by atoms with Crippen molar-refractivity contribution < 1.29 is 17.4 Å². The van der Waals surface area contributed by atoms with E-state index in [1.807, 2.05) is 26.6 Å². The Labute approximate surface area is 82.8 Å². The summed E-state index contributed by atoms with van der Waals surface area (Å²) >= 11 is 0. The average molecular weight is 224 g/mol. The first-order valence-corrected chi connectivity index (χ1v) is 9.37. The minimum Gasteiger partial charge on any atom is -0.395 e. The molecule has 80 valence electrons. The van der Waals surface area contributed by atoms with E-state index in [4.69, 9.17) is 17.4 Å². The van der Waals surface area contributed by atoms with Crippen LogP contribution in [0.2, 0.25) is 19.6 Å². The lowest BCUT2D eigenvalue weighted by molar-refractivity contribution is 0.139. The number of rotatable bonds is 6. The molecular weight excluding hydrogens is 204 g/mol. The van der Waals surface area contributed by atoms with Crippen LogP contribution in [-0.2, 0) is 17.4 Å². The highest BCUT2D eigenvalue weighted by molar-refractivity contribution is 6.76. The lowest BCUT2D eigenvalue weighted by atomic mass is 10.9. The second kappa shape index (κ2) is 5.23. The van der Waals surface area contributed by atoms with Gasteiger partial charge in [-0.1, -0.05) is 0 Å². The fourth-order valence-corrected chi connectivity index (χ4v) is 6.33. The van der Waals surface area contributed by atoms with Crippen molar-refractivity contribution in [3.63, 3.8) is 0 Å². The molecule has 0 aromatic carbocycles. The van der Waals surface area contributed by atoms with Gasteiger partial charge in [-0.3, -0.25) is 0 Å². The Bertz CT molecular complexity index is 147. The standard InChI is InChI=1S/C7H20O4Si2/c1-7-10-12(4,5)11-13(6,8-2)9-3/h7H2,1-6H3. The molecule has 4 nitrogen and oxygen atoms in total. The van der Waals surface area contributed by atoms with Gasteiger partial charge in [-0.15, -0.1) is 0 Å². The van der Waals surface area contributed by atoms with E-state index in [0.717, 1.165) is 0 Å². The van der Waals surface area contributed by atoms with Gasteiger partial charge in [0.1, 0.15) is 0 Å². The first-order valence-electron chi connectivity index (χ1n) is 4.33. The Morgan fingerprint density at radius 3 is 1.77 bits per heavy atom. The zero-order chi connectivity index (χ0) is 10.5. The topological polar surface area (TPSA) is 36.9 Å². The molecule has 0 N–H and O–H groups in total. The van der Waals surface area contributed by atoms with Crippen molar-refractivity contribution in [2.24, 2.45) is 0 Å². The van der Waals surface area contributed by atoms with Crippen LogP contribution < -0.4 is 0 Å². The van der Waals surface area contributed by atoms with Crippen LogP contribution in [0, 0.1) is 0 Å². The maximum absolute atomic E-state index is 5.78. The first-order chi connectivity index (χ1) is 5.89. The number of hydrogen-bond donors (Lipinski definition) is 0. The summed E-state index contributed by atoms with van der Waals surface area (Å²) in [7, 11) is -1.30. The monoisotopic (exact) mass is 224 g/mol. The van der Waals surface area contributed by atoms with Crippen molar-refractivity contribution >= 4 is 17.4 Å². The van der Waals surface area contributed by atoms with Crippen LogP contribution in [0.3, 0.4) is 0 Å². The molecule has 0 rings (SSSR count). The quantitative estimate of drug-likeness (QED) is 0.642. The second-order valence-corrected chi connectivity index (χ2v) is 9.65. The van der Waals surface area contributed by atoms with Gasteiger partial charge in [0, 0.05) is 27.4 Å². The highest BCUT2D eigenvalue weighted by Crippen LogP contribution is 2.16. The molecule has 0 unspecified atom stereocenters. The zero-order valence-electron chi connectivity index (χ0n) is 9.34. The molecule has 0 spiro atoms. The van der Waals surface area contributed by atoms with Gasteiger partial charge in [-0.25, -0.2) is 0 Å². The van der Waals surface area contributed by atoms with E-state index in [9.17, 15) is 0 Å². The van der Waals surface area contributed by atoms with Gasteiger partial charge in [0.25, 0.3) is 0 Å². The summed E-state index contributed by atoms with van der Waals surface area (Å²) in [6, 6.07) is 0. The van der Waals surface area contributed by atoms with Crippen molar-refractivity contribution in [1.29, 1.82) is 0 Å². The highest BCUT2D eigenvalue weighted by atomic mass is 28.5. The molecule has 0 atom stereocenters. The third kappa shape index (κ3) is 4.89. The summed E-state index contributed by atoms with van der Waals surface area (Å²) in [5.74, 6) is 0. The van der Waals surface area contributed by atoms with Crippen molar-refractivity contribution in [3.05, 3.63) is 0 Å². The van der Waals surface area contributed by atoms with Gasteiger partial charge in [-0.2, -0.15) is 0 Å². The van der Waals surface area contributed by atoms with Crippen LogP contribution in [0.15, 0.2) is 0 Å². The van der Waals surface area contributed by atoms with Gasteiger partial charge in [-0.05, 0) is 20.0 Å². The molecule has 0 fully saturated rings. The molecule has 0 aromatic heterocycles. The summed E-state index contributed by atoms with van der Waals surface area (Å²) in [4.78, 5) is 0. The Kier molecular flexibility index (Phi) is 5.34. The van der Waals surface area contributed by atoms with Crippen LogP contribution in [0.4, 0.5) is 0 Å². The van der Waals surface area contributed by atoms with E-state index in [0.29, 0.717) is 6.61 Å². The molecule has 0 bridgehead atoms. The summed E-state index contributed by atoms with van der Waals surface area (Å²) in [5.41, 5.74) is 0. The van der Waals surface area contributed by atoms with Crippen LogP contribution in [0.1, 0.15) is 6.92 Å². The van der Waals surface area contributed by atoms with E-state index in [1.54, 1.807) is 14.2 Å². The summed E-state index contributed by atoms with van der Waals surface area (Å²) in [6.07, 6.45) is 0. The lowest BCUT2D eigenvalue weighted by Gasteiger charge is -2.31. The fourth-order valence-electron chi connectivity index (χ4n) is 0.990. The van der Waals surface area contributed by atoms with Gasteiger partial charge >= 0.3 is 17.4 Å². The molecule has 0 amide bonds. The number of hydrogen-bond acceptors (Lipinski definition) is 4.